The number of hydrogen-bond donors (Lipinski definition) is 2. The van der Waals surface area contributed by atoms with Crippen molar-refractivity contribution >= 4 is 0 Å². The SMILES string of the molecule is C1CC(NC2CCOCC2)CN1. The molecule has 2 fully saturated rings. The van der Waals surface area contributed by atoms with Crippen LogP contribution in [0.2, 0.25) is 0 Å². The molecule has 12 heavy (non-hydrogen) atoms. The third-order valence-corrected chi connectivity index (χ3v) is 2.75. The zero-order valence-corrected chi connectivity index (χ0v) is 7.51. The van der Waals surface area contributed by atoms with Gasteiger partial charge in [0.15, 0.2) is 0 Å². The molecule has 0 aromatic rings. The first-order chi connectivity index (χ1) is 5.95. The summed E-state index contributed by atoms with van der Waals surface area (Å²) in [4.78, 5) is 0. The largest absolute Gasteiger partial charge is 0.381 e. The van der Waals surface area contributed by atoms with E-state index in [9.17, 15) is 0 Å². The van der Waals surface area contributed by atoms with Crippen LogP contribution in [0.1, 0.15) is 19.3 Å². The molecule has 70 valence electrons. The van der Waals surface area contributed by atoms with E-state index in [1.807, 2.05) is 0 Å². The molecule has 2 rings (SSSR count). The summed E-state index contributed by atoms with van der Waals surface area (Å²) in [5.74, 6) is 0. The number of ether oxygens (including phenoxy) is 1. The van der Waals surface area contributed by atoms with Crippen LogP contribution < -0.4 is 10.6 Å². The van der Waals surface area contributed by atoms with Crippen molar-refractivity contribution in [3.8, 4) is 0 Å². The second kappa shape index (κ2) is 4.21. The molecule has 3 nitrogen and oxygen atoms in total. The van der Waals surface area contributed by atoms with Crippen molar-refractivity contribution in [3.05, 3.63) is 0 Å². The van der Waals surface area contributed by atoms with E-state index in [0.717, 1.165) is 19.8 Å². The third kappa shape index (κ3) is 2.19. The molecule has 2 saturated heterocycles. The predicted octanol–water partition coefficient (Wildman–Crippen LogP) is 0.117. The standard InChI is InChI=1S/C9H18N2O/c1-4-10-7-9(1)11-8-2-5-12-6-3-8/h8-11H,1-7H2. The Balaban J connectivity index is 1.69. The number of hydrogen-bond acceptors (Lipinski definition) is 3. The molecule has 2 N–H and O–H groups in total. The fraction of sp³-hybridized carbons (Fsp3) is 1.00. The van der Waals surface area contributed by atoms with Crippen molar-refractivity contribution in [2.75, 3.05) is 26.3 Å². The third-order valence-electron chi connectivity index (χ3n) is 2.75. The van der Waals surface area contributed by atoms with Crippen LogP contribution in [0.25, 0.3) is 0 Å². The van der Waals surface area contributed by atoms with Crippen molar-refractivity contribution in [2.24, 2.45) is 0 Å². The van der Waals surface area contributed by atoms with E-state index >= 15 is 0 Å². The summed E-state index contributed by atoms with van der Waals surface area (Å²) in [5.41, 5.74) is 0. The lowest BCUT2D eigenvalue weighted by Crippen LogP contribution is -2.42. The number of nitrogens with one attached hydrogen (secondary N) is 2. The molecule has 0 bridgehead atoms. The van der Waals surface area contributed by atoms with Gasteiger partial charge in [-0.1, -0.05) is 0 Å². The Morgan fingerprint density at radius 3 is 2.58 bits per heavy atom. The van der Waals surface area contributed by atoms with Gasteiger partial charge in [0.1, 0.15) is 0 Å². The van der Waals surface area contributed by atoms with Crippen molar-refractivity contribution in [2.45, 2.75) is 31.3 Å². The fourth-order valence-electron chi connectivity index (χ4n) is 1.99. The summed E-state index contributed by atoms with van der Waals surface area (Å²) in [6.45, 7) is 4.22. The maximum atomic E-state index is 5.31. The van der Waals surface area contributed by atoms with E-state index in [4.69, 9.17) is 4.74 Å². The monoisotopic (exact) mass is 170 g/mol. The highest BCUT2D eigenvalue weighted by Crippen LogP contribution is 2.09. The van der Waals surface area contributed by atoms with Gasteiger partial charge in [-0.15, -0.1) is 0 Å². The Hall–Kier alpha value is -0.120. The van der Waals surface area contributed by atoms with Crippen molar-refractivity contribution in [3.63, 3.8) is 0 Å². The second-order valence-electron chi connectivity index (χ2n) is 3.74. The Bertz CT molecular complexity index is 128. The topological polar surface area (TPSA) is 33.3 Å². The highest BCUT2D eigenvalue weighted by Gasteiger charge is 2.20. The fourth-order valence-corrected chi connectivity index (χ4v) is 1.99. The molecule has 1 atom stereocenters. The molecule has 0 spiro atoms. The van der Waals surface area contributed by atoms with Crippen LogP contribution >= 0.6 is 0 Å². The maximum absolute atomic E-state index is 5.31. The van der Waals surface area contributed by atoms with Gasteiger partial charge in [-0.2, -0.15) is 0 Å². The maximum Gasteiger partial charge on any atom is 0.0480 e. The molecule has 0 aromatic carbocycles. The highest BCUT2D eigenvalue weighted by molar-refractivity contribution is 4.82. The molecule has 0 amide bonds. The molecule has 1 unspecified atom stereocenters. The Kier molecular flexibility index (Phi) is 2.98. The molecule has 2 heterocycles. The van der Waals surface area contributed by atoms with Gasteiger partial charge in [0.05, 0.1) is 0 Å². The zero-order valence-electron chi connectivity index (χ0n) is 7.51. The molecule has 0 aromatic heterocycles. The Morgan fingerprint density at radius 2 is 1.92 bits per heavy atom. The van der Waals surface area contributed by atoms with E-state index < -0.39 is 0 Å². The minimum atomic E-state index is 0.712. The van der Waals surface area contributed by atoms with Gasteiger partial charge in [0, 0.05) is 31.8 Å². The van der Waals surface area contributed by atoms with Crippen LogP contribution in [-0.4, -0.2) is 38.4 Å². The van der Waals surface area contributed by atoms with Crippen LogP contribution in [0.15, 0.2) is 0 Å². The zero-order chi connectivity index (χ0) is 8.23. The lowest BCUT2D eigenvalue weighted by atomic mass is 10.1. The quantitative estimate of drug-likeness (QED) is 0.617. The first kappa shape index (κ1) is 8.48. The van der Waals surface area contributed by atoms with Gasteiger partial charge in [0.25, 0.3) is 0 Å². The van der Waals surface area contributed by atoms with Crippen LogP contribution in [0, 0.1) is 0 Å². The van der Waals surface area contributed by atoms with Crippen molar-refractivity contribution < 1.29 is 4.74 Å². The van der Waals surface area contributed by atoms with E-state index in [2.05, 4.69) is 10.6 Å². The van der Waals surface area contributed by atoms with Crippen LogP contribution in [0.4, 0.5) is 0 Å². The van der Waals surface area contributed by atoms with E-state index in [1.165, 1.54) is 25.8 Å². The van der Waals surface area contributed by atoms with Gasteiger partial charge in [0.2, 0.25) is 0 Å². The molecule has 0 aliphatic carbocycles. The smallest absolute Gasteiger partial charge is 0.0480 e. The summed E-state index contributed by atoms with van der Waals surface area (Å²) >= 11 is 0. The molecular weight excluding hydrogens is 152 g/mol. The van der Waals surface area contributed by atoms with Gasteiger partial charge >= 0.3 is 0 Å². The van der Waals surface area contributed by atoms with E-state index in [1.54, 1.807) is 0 Å². The van der Waals surface area contributed by atoms with Crippen LogP contribution in [-0.2, 0) is 4.74 Å². The second-order valence-corrected chi connectivity index (χ2v) is 3.74. The number of rotatable bonds is 2. The Morgan fingerprint density at radius 1 is 1.08 bits per heavy atom. The van der Waals surface area contributed by atoms with Crippen LogP contribution in [0.3, 0.4) is 0 Å². The lowest BCUT2D eigenvalue weighted by molar-refractivity contribution is 0.0755. The molecule has 0 saturated carbocycles. The van der Waals surface area contributed by atoms with Gasteiger partial charge < -0.3 is 15.4 Å². The molecule has 3 heteroatoms. The normalized spacial score (nSPS) is 32.5. The summed E-state index contributed by atoms with van der Waals surface area (Å²) in [7, 11) is 0. The molecule has 0 radical (unpaired) electrons. The highest BCUT2D eigenvalue weighted by atomic mass is 16.5. The first-order valence-electron chi connectivity index (χ1n) is 4.99. The van der Waals surface area contributed by atoms with Crippen LogP contribution in [0.5, 0.6) is 0 Å². The first-order valence-corrected chi connectivity index (χ1v) is 4.99. The predicted molar refractivity (Wildman–Crippen MR) is 48.3 cm³/mol. The Labute approximate surface area is 73.9 Å². The summed E-state index contributed by atoms with van der Waals surface area (Å²) < 4.78 is 5.31. The van der Waals surface area contributed by atoms with Gasteiger partial charge in [-0.3, -0.25) is 0 Å². The van der Waals surface area contributed by atoms with Crippen molar-refractivity contribution in [1.82, 2.24) is 10.6 Å². The summed E-state index contributed by atoms with van der Waals surface area (Å²) in [6, 6.07) is 1.43. The average molecular weight is 170 g/mol. The summed E-state index contributed by atoms with van der Waals surface area (Å²) in [5, 5.41) is 7.04. The van der Waals surface area contributed by atoms with E-state index in [0.29, 0.717) is 12.1 Å². The summed E-state index contributed by atoms with van der Waals surface area (Å²) in [6.07, 6.45) is 3.67. The molecule has 2 aliphatic rings. The van der Waals surface area contributed by atoms with Crippen molar-refractivity contribution in [1.29, 1.82) is 0 Å². The van der Waals surface area contributed by atoms with Gasteiger partial charge in [-0.05, 0) is 25.8 Å². The minimum Gasteiger partial charge on any atom is -0.381 e. The molecule has 2 aliphatic heterocycles. The minimum absolute atomic E-state index is 0.712. The van der Waals surface area contributed by atoms with Gasteiger partial charge in [-0.25, -0.2) is 0 Å². The lowest BCUT2D eigenvalue weighted by Gasteiger charge is -2.26. The molecular formula is C9H18N2O. The van der Waals surface area contributed by atoms with E-state index in [-0.39, 0.29) is 0 Å². The average Bonchev–Trinajstić information content (AvgIpc) is 2.59.